The molecule has 3 rings (SSSR count). The van der Waals surface area contributed by atoms with Gasteiger partial charge in [-0.2, -0.15) is 5.10 Å². The van der Waals surface area contributed by atoms with E-state index in [0.717, 1.165) is 32.4 Å². The first kappa shape index (κ1) is 17.7. The number of likely N-dealkylation sites (tertiary alicyclic amines) is 1. The second-order valence-corrected chi connectivity index (χ2v) is 6.38. The van der Waals surface area contributed by atoms with Crippen LogP contribution < -0.4 is 5.32 Å². The quantitative estimate of drug-likeness (QED) is 0.644. The van der Waals surface area contributed by atoms with E-state index in [4.69, 9.17) is 0 Å². The van der Waals surface area contributed by atoms with Gasteiger partial charge in [0.15, 0.2) is 0 Å². The van der Waals surface area contributed by atoms with Crippen molar-refractivity contribution in [2.45, 2.75) is 26.2 Å². The molecule has 1 aromatic rings. The zero-order valence-corrected chi connectivity index (χ0v) is 14.2. The van der Waals surface area contributed by atoms with Crippen LogP contribution in [0.15, 0.2) is 0 Å². The summed E-state index contributed by atoms with van der Waals surface area (Å²) in [6.07, 6.45) is 3.06. The first-order valence-electron chi connectivity index (χ1n) is 7.61. The van der Waals surface area contributed by atoms with Crippen LogP contribution in [0.2, 0.25) is 0 Å². The van der Waals surface area contributed by atoms with Crippen molar-refractivity contribution >= 4 is 24.0 Å². The highest BCUT2D eigenvalue weighted by Gasteiger charge is 2.40. The molecule has 128 valence electrons. The normalized spacial score (nSPS) is 19.7. The third kappa shape index (κ3) is 3.05. The molecule has 2 saturated heterocycles. The lowest BCUT2D eigenvalue weighted by atomic mass is 9.78. The van der Waals surface area contributed by atoms with Gasteiger partial charge in [0.05, 0.1) is 4.92 Å². The van der Waals surface area contributed by atoms with Gasteiger partial charge in [-0.3, -0.25) is 19.6 Å². The van der Waals surface area contributed by atoms with E-state index in [9.17, 15) is 14.9 Å². The third-order valence-electron chi connectivity index (χ3n) is 5.02. The Balaban J connectivity index is 0.00000192. The van der Waals surface area contributed by atoms with E-state index in [1.807, 2.05) is 0 Å². The molecule has 0 atom stereocenters. The van der Waals surface area contributed by atoms with Gasteiger partial charge in [-0.25, -0.2) is 0 Å². The van der Waals surface area contributed by atoms with Crippen molar-refractivity contribution in [1.82, 2.24) is 20.0 Å². The number of piperidine rings is 1. The van der Waals surface area contributed by atoms with Gasteiger partial charge in [-0.1, -0.05) is 0 Å². The molecule has 0 radical (unpaired) electrons. The SMILES string of the molecule is Cc1nn(C)c(C(=O)N2CCC3(CCNC3)CC2)c1[N+](=O)[O-].Cl. The predicted molar refractivity (Wildman–Crippen MR) is 86.9 cm³/mol. The summed E-state index contributed by atoms with van der Waals surface area (Å²) in [5.41, 5.74) is 0.507. The molecular weight excluding hydrogens is 322 g/mol. The number of nitro groups is 1. The summed E-state index contributed by atoms with van der Waals surface area (Å²) >= 11 is 0. The van der Waals surface area contributed by atoms with Gasteiger partial charge in [0.25, 0.3) is 5.91 Å². The molecule has 2 fully saturated rings. The van der Waals surface area contributed by atoms with Crippen molar-refractivity contribution in [2.24, 2.45) is 12.5 Å². The summed E-state index contributed by atoms with van der Waals surface area (Å²) in [6, 6.07) is 0. The van der Waals surface area contributed by atoms with Crippen molar-refractivity contribution in [3.05, 3.63) is 21.5 Å². The van der Waals surface area contributed by atoms with Crippen LogP contribution in [0, 0.1) is 22.5 Å². The first-order chi connectivity index (χ1) is 10.4. The molecule has 1 amide bonds. The summed E-state index contributed by atoms with van der Waals surface area (Å²) in [4.78, 5) is 25.1. The van der Waals surface area contributed by atoms with Gasteiger partial charge in [-0.05, 0) is 38.1 Å². The highest BCUT2D eigenvalue weighted by atomic mass is 35.5. The van der Waals surface area contributed by atoms with Gasteiger partial charge in [0.1, 0.15) is 5.69 Å². The molecule has 0 bridgehead atoms. The number of amides is 1. The fourth-order valence-corrected chi connectivity index (χ4v) is 3.66. The van der Waals surface area contributed by atoms with Gasteiger partial charge < -0.3 is 10.2 Å². The zero-order valence-electron chi connectivity index (χ0n) is 13.4. The number of aromatic nitrogens is 2. The van der Waals surface area contributed by atoms with Crippen molar-refractivity contribution < 1.29 is 9.72 Å². The number of hydrogen-bond donors (Lipinski definition) is 1. The number of nitrogens with zero attached hydrogens (tertiary/aromatic N) is 4. The second kappa shape index (κ2) is 6.45. The molecule has 0 saturated carbocycles. The van der Waals surface area contributed by atoms with Gasteiger partial charge in [-0.15, -0.1) is 12.4 Å². The van der Waals surface area contributed by atoms with Gasteiger partial charge in [0.2, 0.25) is 5.69 Å². The van der Waals surface area contributed by atoms with Crippen LogP contribution in [0.4, 0.5) is 5.69 Å². The fraction of sp³-hybridized carbons (Fsp3) is 0.714. The molecule has 0 aromatic carbocycles. The van der Waals surface area contributed by atoms with Crippen LogP contribution in [0.3, 0.4) is 0 Å². The molecule has 9 heteroatoms. The van der Waals surface area contributed by atoms with Crippen LogP contribution in [-0.2, 0) is 7.05 Å². The number of halogens is 1. The number of rotatable bonds is 2. The van der Waals surface area contributed by atoms with E-state index < -0.39 is 4.92 Å². The van der Waals surface area contributed by atoms with E-state index in [1.54, 1.807) is 18.9 Å². The first-order valence-corrected chi connectivity index (χ1v) is 7.61. The van der Waals surface area contributed by atoms with E-state index in [1.165, 1.54) is 4.68 Å². The zero-order chi connectivity index (χ0) is 15.9. The largest absolute Gasteiger partial charge is 0.337 e. The molecule has 2 aliphatic rings. The molecule has 0 unspecified atom stereocenters. The van der Waals surface area contributed by atoms with E-state index in [0.29, 0.717) is 18.5 Å². The summed E-state index contributed by atoms with van der Waals surface area (Å²) in [6.45, 7) is 4.93. The fourth-order valence-electron chi connectivity index (χ4n) is 3.66. The van der Waals surface area contributed by atoms with E-state index in [-0.39, 0.29) is 35.4 Å². The lowest BCUT2D eigenvalue weighted by molar-refractivity contribution is -0.385. The molecule has 8 nitrogen and oxygen atoms in total. The van der Waals surface area contributed by atoms with E-state index in [2.05, 4.69) is 10.4 Å². The summed E-state index contributed by atoms with van der Waals surface area (Å²) in [7, 11) is 1.58. The average Bonchev–Trinajstić information content (AvgIpc) is 3.03. The highest BCUT2D eigenvalue weighted by Crippen LogP contribution is 2.37. The Morgan fingerprint density at radius 2 is 2.00 bits per heavy atom. The molecule has 1 aromatic heterocycles. The molecule has 0 aliphatic carbocycles. The summed E-state index contributed by atoms with van der Waals surface area (Å²) in [5.74, 6) is -0.282. The second-order valence-electron chi connectivity index (χ2n) is 6.38. The van der Waals surface area contributed by atoms with Gasteiger partial charge in [0, 0.05) is 26.7 Å². The lowest BCUT2D eigenvalue weighted by Gasteiger charge is -2.38. The Morgan fingerprint density at radius 3 is 2.52 bits per heavy atom. The Labute approximate surface area is 140 Å². The lowest BCUT2D eigenvalue weighted by Crippen LogP contribution is -2.44. The van der Waals surface area contributed by atoms with Crippen molar-refractivity contribution in [3.63, 3.8) is 0 Å². The van der Waals surface area contributed by atoms with Gasteiger partial charge >= 0.3 is 5.69 Å². The molecule has 1 N–H and O–H groups in total. The molecule has 1 spiro atoms. The average molecular weight is 344 g/mol. The standard InChI is InChI=1S/C14H21N5O3.ClH/c1-10-11(19(21)22)12(17(2)16-10)13(20)18-7-4-14(5-8-18)3-6-15-9-14;/h15H,3-9H2,1-2H3;1H. The topological polar surface area (TPSA) is 93.3 Å². The smallest absolute Gasteiger partial charge is 0.322 e. The highest BCUT2D eigenvalue weighted by molar-refractivity contribution is 5.97. The Bertz CT molecular complexity index is 614. The Hall–Kier alpha value is -1.67. The maximum atomic E-state index is 12.7. The van der Waals surface area contributed by atoms with Crippen molar-refractivity contribution in [2.75, 3.05) is 26.2 Å². The Kier molecular flexibility index (Phi) is 4.95. The number of nitrogens with one attached hydrogen (secondary N) is 1. The Morgan fingerprint density at radius 1 is 1.35 bits per heavy atom. The monoisotopic (exact) mass is 343 g/mol. The van der Waals surface area contributed by atoms with E-state index >= 15 is 0 Å². The minimum atomic E-state index is -0.512. The van der Waals surface area contributed by atoms with Crippen LogP contribution >= 0.6 is 12.4 Å². The molecule has 2 aliphatic heterocycles. The summed E-state index contributed by atoms with van der Waals surface area (Å²) < 4.78 is 1.33. The molecular formula is C14H22ClN5O3. The predicted octanol–water partition coefficient (Wildman–Crippen LogP) is 1.27. The summed E-state index contributed by atoms with van der Waals surface area (Å²) in [5, 5.41) is 18.6. The third-order valence-corrected chi connectivity index (χ3v) is 5.02. The van der Waals surface area contributed by atoms with Crippen LogP contribution in [0.25, 0.3) is 0 Å². The maximum absolute atomic E-state index is 12.7. The maximum Gasteiger partial charge on any atom is 0.322 e. The number of carbonyl (C=O) groups is 1. The van der Waals surface area contributed by atoms with Crippen molar-refractivity contribution in [1.29, 1.82) is 0 Å². The van der Waals surface area contributed by atoms with Crippen molar-refractivity contribution in [3.8, 4) is 0 Å². The molecule has 23 heavy (non-hydrogen) atoms. The minimum Gasteiger partial charge on any atom is -0.337 e. The number of hydrogen-bond acceptors (Lipinski definition) is 5. The molecule has 3 heterocycles. The van der Waals surface area contributed by atoms with Crippen LogP contribution in [-0.4, -0.2) is 51.7 Å². The number of carbonyl (C=O) groups excluding carboxylic acids is 1. The van der Waals surface area contributed by atoms with Crippen LogP contribution in [0.5, 0.6) is 0 Å². The number of aryl methyl sites for hydroxylation is 2. The van der Waals surface area contributed by atoms with Crippen LogP contribution in [0.1, 0.15) is 35.4 Å². The minimum absolute atomic E-state index is 0.